The van der Waals surface area contributed by atoms with Crippen LogP contribution >= 0.6 is 0 Å². The minimum atomic E-state index is -3.46. The molecular formula is C23H33N3O3S. The van der Waals surface area contributed by atoms with Crippen LogP contribution in [-0.4, -0.2) is 50.2 Å². The topological polar surface area (TPSA) is 69.7 Å². The summed E-state index contributed by atoms with van der Waals surface area (Å²) in [7, 11) is -1.66. The maximum absolute atomic E-state index is 12.6. The number of carbonyl (C=O) groups is 1. The number of carbonyl (C=O) groups excluding carboxylic acids is 1. The summed E-state index contributed by atoms with van der Waals surface area (Å²) < 4.78 is 26.6. The van der Waals surface area contributed by atoms with E-state index in [2.05, 4.69) is 5.32 Å². The average molecular weight is 432 g/mol. The van der Waals surface area contributed by atoms with Gasteiger partial charge in [-0.15, -0.1) is 0 Å². The molecular weight excluding hydrogens is 398 g/mol. The van der Waals surface area contributed by atoms with Gasteiger partial charge in [-0.2, -0.15) is 4.31 Å². The van der Waals surface area contributed by atoms with Crippen LogP contribution in [0.3, 0.4) is 0 Å². The third-order valence-corrected chi connectivity index (χ3v) is 7.60. The molecule has 0 spiro atoms. The molecule has 0 aliphatic rings. The molecule has 0 heterocycles. The molecule has 0 unspecified atom stereocenters. The van der Waals surface area contributed by atoms with Crippen LogP contribution in [-0.2, 0) is 14.8 Å². The van der Waals surface area contributed by atoms with Gasteiger partial charge in [-0.05, 0) is 37.1 Å². The van der Waals surface area contributed by atoms with Crippen LogP contribution in [0, 0.1) is 0 Å². The highest BCUT2D eigenvalue weighted by Gasteiger charge is 2.22. The number of nitrogens with zero attached hydrogens (tertiary/aromatic N) is 2. The quantitative estimate of drug-likeness (QED) is 0.624. The van der Waals surface area contributed by atoms with Crippen molar-refractivity contribution in [3.05, 3.63) is 65.7 Å². The predicted octanol–water partition coefficient (Wildman–Crippen LogP) is 3.59. The SMILES string of the molecule is CCN(CC)S(=O)(=O)c1ccc([C@@H](C)NCC(=O)N(C)[C@H](C)c2ccccc2)cc1. The highest BCUT2D eigenvalue weighted by molar-refractivity contribution is 7.89. The van der Waals surface area contributed by atoms with Crippen LogP contribution in [0.1, 0.15) is 50.9 Å². The van der Waals surface area contributed by atoms with Crippen LogP contribution in [0.15, 0.2) is 59.5 Å². The smallest absolute Gasteiger partial charge is 0.243 e. The third kappa shape index (κ3) is 5.68. The van der Waals surface area contributed by atoms with Crippen molar-refractivity contribution in [2.75, 3.05) is 26.7 Å². The maximum atomic E-state index is 12.6. The van der Waals surface area contributed by atoms with Gasteiger partial charge in [0, 0.05) is 26.2 Å². The van der Waals surface area contributed by atoms with E-state index in [1.165, 1.54) is 4.31 Å². The fourth-order valence-electron chi connectivity index (χ4n) is 3.30. The lowest BCUT2D eigenvalue weighted by atomic mass is 10.1. The van der Waals surface area contributed by atoms with Gasteiger partial charge in [0.05, 0.1) is 17.5 Å². The molecule has 2 aromatic carbocycles. The normalized spacial score (nSPS) is 13.8. The van der Waals surface area contributed by atoms with E-state index in [4.69, 9.17) is 0 Å². The van der Waals surface area contributed by atoms with E-state index in [9.17, 15) is 13.2 Å². The number of hydrogen-bond acceptors (Lipinski definition) is 4. The number of benzene rings is 2. The Bertz CT molecular complexity index is 910. The molecule has 0 aliphatic heterocycles. The van der Waals surface area contributed by atoms with Gasteiger partial charge in [0.15, 0.2) is 0 Å². The summed E-state index contributed by atoms with van der Waals surface area (Å²) in [6.45, 7) is 8.70. The van der Waals surface area contributed by atoms with Gasteiger partial charge in [0.25, 0.3) is 0 Å². The fourth-order valence-corrected chi connectivity index (χ4v) is 4.75. The van der Waals surface area contributed by atoms with Gasteiger partial charge in [-0.25, -0.2) is 8.42 Å². The summed E-state index contributed by atoms with van der Waals surface area (Å²) in [5.41, 5.74) is 2.02. The van der Waals surface area contributed by atoms with E-state index < -0.39 is 10.0 Å². The minimum Gasteiger partial charge on any atom is -0.338 e. The summed E-state index contributed by atoms with van der Waals surface area (Å²) in [4.78, 5) is 14.6. The highest BCUT2D eigenvalue weighted by Crippen LogP contribution is 2.20. The van der Waals surface area contributed by atoms with Crippen molar-refractivity contribution in [3.8, 4) is 0 Å². The first-order chi connectivity index (χ1) is 14.2. The second-order valence-corrected chi connectivity index (χ2v) is 9.29. The van der Waals surface area contributed by atoms with E-state index in [1.54, 1.807) is 36.2 Å². The van der Waals surface area contributed by atoms with Crippen molar-refractivity contribution in [1.29, 1.82) is 0 Å². The van der Waals surface area contributed by atoms with E-state index in [0.717, 1.165) is 11.1 Å². The molecule has 2 rings (SSSR count). The lowest BCUT2D eigenvalue weighted by Crippen LogP contribution is -2.37. The highest BCUT2D eigenvalue weighted by atomic mass is 32.2. The van der Waals surface area contributed by atoms with Crippen LogP contribution in [0.5, 0.6) is 0 Å². The third-order valence-electron chi connectivity index (χ3n) is 5.54. The van der Waals surface area contributed by atoms with Gasteiger partial charge >= 0.3 is 0 Å². The Morgan fingerprint density at radius 1 is 0.933 bits per heavy atom. The number of likely N-dealkylation sites (N-methyl/N-ethyl adjacent to an activating group) is 1. The number of sulfonamides is 1. The van der Waals surface area contributed by atoms with Gasteiger partial charge in [-0.3, -0.25) is 4.79 Å². The van der Waals surface area contributed by atoms with E-state index in [-0.39, 0.29) is 29.4 Å². The zero-order valence-electron chi connectivity index (χ0n) is 18.5. The summed E-state index contributed by atoms with van der Waals surface area (Å²) in [6, 6.07) is 16.7. The molecule has 0 aromatic heterocycles. The van der Waals surface area contributed by atoms with Gasteiger partial charge in [0.1, 0.15) is 0 Å². The van der Waals surface area contributed by atoms with Crippen molar-refractivity contribution >= 4 is 15.9 Å². The Kier molecular flexibility index (Phi) is 8.58. The second kappa shape index (κ2) is 10.7. The average Bonchev–Trinajstić information content (AvgIpc) is 2.77. The molecule has 0 bridgehead atoms. The maximum Gasteiger partial charge on any atom is 0.243 e. The second-order valence-electron chi connectivity index (χ2n) is 7.35. The molecule has 0 radical (unpaired) electrons. The molecule has 0 saturated heterocycles. The molecule has 164 valence electrons. The van der Waals surface area contributed by atoms with Crippen LogP contribution in [0.4, 0.5) is 0 Å². The zero-order chi connectivity index (χ0) is 22.3. The van der Waals surface area contributed by atoms with E-state index >= 15 is 0 Å². The van der Waals surface area contributed by atoms with Crippen molar-refractivity contribution in [3.63, 3.8) is 0 Å². The van der Waals surface area contributed by atoms with Crippen molar-refractivity contribution in [2.24, 2.45) is 0 Å². The Morgan fingerprint density at radius 2 is 1.50 bits per heavy atom. The fraction of sp³-hybridized carbons (Fsp3) is 0.435. The number of nitrogens with one attached hydrogen (secondary N) is 1. The van der Waals surface area contributed by atoms with E-state index in [0.29, 0.717) is 13.1 Å². The molecule has 0 aliphatic carbocycles. The molecule has 0 saturated carbocycles. The Hall–Kier alpha value is -2.22. The molecule has 30 heavy (non-hydrogen) atoms. The van der Waals surface area contributed by atoms with E-state index in [1.807, 2.05) is 58.0 Å². The molecule has 1 amide bonds. The van der Waals surface area contributed by atoms with Gasteiger partial charge in [-0.1, -0.05) is 56.3 Å². The van der Waals surface area contributed by atoms with Crippen molar-refractivity contribution < 1.29 is 13.2 Å². The number of hydrogen-bond donors (Lipinski definition) is 1. The molecule has 6 nitrogen and oxygen atoms in total. The first-order valence-corrected chi connectivity index (χ1v) is 11.8. The summed E-state index contributed by atoms with van der Waals surface area (Å²) in [5, 5.41) is 3.24. The number of amides is 1. The summed E-state index contributed by atoms with van der Waals surface area (Å²) in [5.74, 6) is -0.000987. The first kappa shape index (κ1) is 24.1. The van der Waals surface area contributed by atoms with Crippen molar-refractivity contribution in [2.45, 2.75) is 44.7 Å². The largest absolute Gasteiger partial charge is 0.338 e. The lowest BCUT2D eigenvalue weighted by molar-refractivity contribution is -0.131. The van der Waals surface area contributed by atoms with Crippen LogP contribution in [0.25, 0.3) is 0 Å². The monoisotopic (exact) mass is 431 g/mol. The molecule has 2 aromatic rings. The first-order valence-electron chi connectivity index (χ1n) is 10.4. The predicted molar refractivity (Wildman–Crippen MR) is 121 cm³/mol. The Morgan fingerprint density at radius 3 is 2.03 bits per heavy atom. The summed E-state index contributed by atoms with van der Waals surface area (Å²) in [6.07, 6.45) is 0. The molecule has 0 fully saturated rings. The van der Waals surface area contributed by atoms with Gasteiger partial charge in [0.2, 0.25) is 15.9 Å². The summed E-state index contributed by atoms with van der Waals surface area (Å²) >= 11 is 0. The minimum absolute atomic E-state index is 0.000987. The Balaban J connectivity index is 1.98. The number of rotatable bonds is 10. The van der Waals surface area contributed by atoms with Crippen molar-refractivity contribution in [1.82, 2.24) is 14.5 Å². The Labute approximate surface area is 180 Å². The zero-order valence-corrected chi connectivity index (χ0v) is 19.3. The van der Waals surface area contributed by atoms with Gasteiger partial charge < -0.3 is 10.2 Å². The molecule has 1 N–H and O–H groups in total. The molecule has 2 atom stereocenters. The van der Waals surface area contributed by atoms with Crippen LogP contribution < -0.4 is 5.32 Å². The molecule has 7 heteroatoms. The standard InChI is InChI=1S/C23H33N3O3S/c1-6-26(7-2)30(28,29)22-15-13-20(14-16-22)18(3)24-17-23(27)25(5)19(4)21-11-9-8-10-12-21/h8-16,18-19,24H,6-7,17H2,1-5H3/t18-,19-/m1/s1. The lowest BCUT2D eigenvalue weighted by Gasteiger charge is -2.26. The van der Waals surface area contributed by atoms with Crippen LogP contribution in [0.2, 0.25) is 0 Å².